The highest BCUT2D eigenvalue weighted by Gasteiger charge is 2.28. The molecule has 4 heteroatoms. The van der Waals surface area contributed by atoms with E-state index in [0.29, 0.717) is 12.1 Å². The first-order chi connectivity index (χ1) is 9.65. The number of hydrogen-bond acceptors (Lipinski definition) is 3. The van der Waals surface area contributed by atoms with Crippen molar-refractivity contribution in [2.75, 3.05) is 6.54 Å². The van der Waals surface area contributed by atoms with Crippen molar-refractivity contribution in [2.24, 2.45) is 5.92 Å². The maximum absolute atomic E-state index is 4.51. The fourth-order valence-electron chi connectivity index (χ4n) is 3.83. The van der Waals surface area contributed by atoms with Crippen LogP contribution in [0.5, 0.6) is 0 Å². The number of piperidine rings is 1. The molecule has 4 nitrogen and oxygen atoms in total. The van der Waals surface area contributed by atoms with Crippen LogP contribution < -0.4 is 0 Å². The Kier molecular flexibility index (Phi) is 4.11. The lowest BCUT2D eigenvalue weighted by atomic mass is 9.96. The second kappa shape index (κ2) is 5.84. The zero-order valence-electron chi connectivity index (χ0n) is 13.2. The van der Waals surface area contributed by atoms with E-state index in [1.165, 1.54) is 43.9 Å². The van der Waals surface area contributed by atoms with Gasteiger partial charge in [-0.1, -0.05) is 13.3 Å². The summed E-state index contributed by atoms with van der Waals surface area (Å²) in [6.07, 6.45) is 7.49. The van der Waals surface area contributed by atoms with Crippen molar-refractivity contribution in [3.8, 4) is 0 Å². The Labute approximate surface area is 122 Å². The summed E-state index contributed by atoms with van der Waals surface area (Å²) in [6, 6.07) is 1.31. The first-order valence-corrected chi connectivity index (χ1v) is 8.32. The predicted molar refractivity (Wildman–Crippen MR) is 80.7 cm³/mol. The zero-order chi connectivity index (χ0) is 14.1. The van der Waals surface area contributed by atoms with Crippen molar-refractivity contribution in [3.05, 3.63) is 11.6 Å². The van der Waals surface area contributed by atoms with Gasteiger partial charge >= 0.3 is 0 Å². The van der Waals surface area contributed by atoms with Gasteiger partial charge in [0.05, 0.1) is 0 Å². The minimum atomic E-state index is 0.643. The van der Waals surface area contributed by atoms with Crippen LogP contribution in [0.25, 0.3) is 0 Å². The van der Waals surface area contributed by atoms with E-state index >= 15 is 0 Å². The molecule has 3 heterocycles. The number of hydrogen-bond donors (Lipinski definition) is 0. The molecule has 0 spiro atoms. The summed E-state index contributed by atoms with van der Waals surface area (Å²) >= 11 is 0. The minimum absolute atomic E-state index is 0.643. The van der Waals surface area contributed by atoms with E-state index in [4.69, 9.17) is 0 Å². The van der Waals surface area contributed by atoms with E-state index in [2.05, 4.69) is 40.4 Å². The van der Waals surface area contributed by atoms with E-state index in [-0.39, 0.29) is 0 Å². The minimum Gasteiger partial charge on any atom is -0.315 e. The molecule has 112 valence electrons. The molecule has 2 aliphatic rings. The summed E-state index contributed by atoms with van der Waals surface area (Å²) in [5, 5.41) is 8.94. The molecule has 0 radical (unpaired) electrons. The third-order valence-electron chi connectivity index (χ3n) is 5.03. The van der Waals surface area contributed by atoms with Gasteiger partial charge in [0.25, 0.3) is 0 Å². The van der Waals surface area contributed by atoms with Gasteiger partial charge in [0.1, 0.15) is 11.6 Å². The maximum Gasteiger partial charge on any atom is 0.134 e. The molecule has 3 rings (SSSR count). The Morgan fingerprint density at radius 1 is 1.15 bits per heavy atom. The zero-order valence-corrected chi connectivity index (χ0v) is 13.2. The third kappa shape index (κ3) is 2.76. The van der Waals surface area contributed by atoms with Crippen LogP contribution in [0, 0.1) is 5.92 Å². The van der Waals surface area contributed by atoms with Crippen LogP contribution in [0.2, 0.25) is 0 Å². The molecule has 1 aromatic heterocycles. The Hall–Kier alpha value is -0.900. The van der Waals surface area contributed by atoms with Crippen LogP contribution in [-0.4, -0.2) is 38.3 Å². The number of rotatable bonds is 3. The molecule has 0 saturated carbocycles. The van der Waals surface area contributed by atoms with Gasteiger partial charge in [-0.2, -0.15) is 0 Å². The highest BCUT2D eigenvalue weighted by molar-refractivity contribution is 5.02. The third-order valence-corrected chi connectivity index (χ3v) is 5.03. The van der Waals surface area contributed by atoms with Crippen LogP contribution >= 0.6 is 0 Å². The Bertz CT molecular complexity index is 451. The number of fused-ring (bicyclic) bond motifs is 1. The predicted octanol–water partition coefficient (Wildman–Crippen LogP) is 2.67. The average molecular weight is 276 g/mol. The molecule has 0 aliphatic carbocycles. The van der Waals surface area contributed by atoms with Crippen molar-refractivity contribution in [3.63, 3.8) is 0 Å². The van der Waals surface area contributed by atoms with Crippen LogP contribution in [0.4, 0.5) is 0 Å². The summed E-state index contributed by atoms with van der Waals surface area (Å²) in [5.41, 5.74) is 0. The van der Waals surface area contributed by atoms with Crippen LogP contribution in [-0.2, 0) is 19.4 Å². The maximum atomic E-state index is 4.51. The van der Waals surface area contributed by atoms with Crippen molar-refractivity contribution in [1.29, 1.82) is 0 Å². The lowest BCUT2D eigenvalue weighted by Gasteiger charge is -2.38. The second-order valence-electron chi connectivity index (χ2n) is 6.97. The fraction of sp³-hybridized carbons (Fsp3) is 0.875. The van der Waals surface area contributed by atoms with Crippen molar-refractivity contribution in [1.82, 2.24) is 19.7 Å². The summed E-state index contributed by atoms with van der Waals surface area (Å²) in [6.45, 7) is 9.33. The fourth-order valence-corrected chi connectivity index (χ4v) is 3.83. The lowest BCUT2D eigenvalue weighted by Crippen LogP contribution is -2.45. The number of aromatic nitrogens is 3. The topological polar surface area (TPSA) is 34.0 Å². The van der Waals surface area contributed by atoms with E-state index < -0.39 is 0 Å². The molecule has 20 heavy (non-hydrogen) atoms. The summed E-state index contributed by atoms with van der Waals surface area (Å²) in [4.78, 5) is 2.66. The SMILES string of the molecule is CC1CCn2c(nnc2CC2CCCCN2C(C)C)C1. The van der Waals surface area contributed by atoms with Gasteiger partial charge in [0.2, 0.25) is 0 Å². The van der Waals surface area contributed by atoms with Gasteiger partial charge in [-0.05, 0) is 45.6 Å². The van der Waals surface area contributed by atoms with Crippen molar-refractivity contribution >= 4 is 0 Å². The van der Waals surface area contributed by atoms with Crippen molar-refractivity contribution in [2.45, 2.75) is 77.9 Å². The molecule has 2 atom stereocenters. The van der Waals surface area contributed by atoms with Crippen LogP contribution in [0.3, 0.4) is 0 Å². The Morgan fingerprint density at radius 3 is 2.80 bits per heavy atom. The highest BCUT2D eigenvalue weighted by Crippen LogP contribution is 2.25. The summed E-state index contributed by atoms with van der Waals surface area (Å²) in [5.74, 6) is 3.21. The molecule has 0 amide bonds. The Balaban J connectivity index is 1.74. The average Bonchev–Trinajstić information content (AvgIpc) is 2.81. The molecule has 0 bridgehead atoms. The van der Waals surface area contributed by atoms with Crippen LogP contribution in [0.1, 0.15) is 58.1 Å². The molecule has 0 N–H and O–H groups in total. The molecular weight excluding hydrogens is 248 g/mol. The van der Waals surface area contributed by atoms with Gasteiger partial charge in [-0.3, -0.25) is 4.90 Å². The smallest absolute Gasteiger partial charge is 0.134 e. The quantitative estimate of drug-likeness (QED) is 0.851. The monoisotopic (exact) mass is 276 g/mol. The standard InChI is InChI=1S/C16H28N4/c1-12(2)19-8-5-4-6-14(19)11-16-18-17-15-10-13(3)7-9-20(15)16/h12-14H,4-11H2,1-3H3. The molecule has 1 fully saturated rings. The molecule has 2 unspecified atom stereocenters. The van der Waals surface area contributed by atoms with Crippen LogP contribution in [0.15, 0.2) is 0 Å². The summed E-state index contributed by atoms with van der Waals surface area (Å²) < 4.78 is 2.40. The van der Waals surface area contributed by atoms with E-state index in [9.17, 15) is 0 Å². The van der Waals surface area contributed by atoms with Crippen molar-refractivity contribution < 1.29 is 0 Å². The number of likely N-dealkylation sites (tertiary alicyclic amines) is 1. The molecule has 1 saturated heterocycles. The van der Waals surface area contributed by atoms with E-state index in [0.717, 1.165) is 25.3 Å². The first-order valence-electron chi connectivity index (χ1n) is 8.32. The molecular formula is C16H28N4. The van der Waals surface area contributed by atoms with Gasteiger partial charge in [0.15, 0.2) is 0 Å². The lowest BCUT2D eigenvalue weighted by molar-refractivity contribution is 0.109. The second-order valence-corrected chi connectivity index (χ2v) is 6.97. The largest absolute Gasteiger partial charge is 0.315 e. The summed E-state index contributed by atoms with van der Waals surface area (Å²) in [7, 11) is 0. The molecule has 1 aromatic rings. The van der Waals surface area contributed by atoms with Gasteiger partial charge < -0.3 is 4.57 Å². The molecule has 0 aromatic carbocycles. The van der Waals surface area contributed by atoms with E-state index in [1.54, 1.807) is 0 Å². The van der Waals surface area contributed by atoms with Gasteiger partial charge in [-0.15, -0.1) is 10.2 Å². The Morgan fingerprint density at radius 2 is 2.00 bits per heavy atom. The highest BCUT2D eigenvalue weighted by atomic mass is 15.3. The number of nitrogens with zero attached hydrogens (tertiary/aromatic N) is 4. The first kappa shape index (κ1) is 14.1. The normalized spacial score (nSPS) is 27.8. The van der Waals surface area contributed by atoms with Gasteiger partial charge in [-0.25, -0.2) is 0 Å². The van der Waals surface area contributed by atoms with Gasteiger partial charge in [0, 0.05) is 31.5 Å². The molecule has 2 aliphatic heterocycles. The van der Waals surface area contributed by atoms with E-state index in [1.807, 2.05) is 0 Å².